The normalized spacial score (nSPS) is 10.7. The molecule has 0 saturated heterocycles. The van der Waals surface area contributed by atoms with E-state index in [2.05, 4.69) is 10.3 Å². The fourth-order valence-electron chi connectivity index (χ4n) is 2.63. The molecule has 29 heavy (non-hydrogen) atoms. The quantitative estimate of drug-likeness (QED) is 0.465. The highest BCUT2D eigenvalue weighted by atomic mass is 35.5. The smallest absolute Gasteiger partial charge is 0.224 e. The monoisotopic (exact) mass is 434 g/mol. The van der Waals surface area contributed by atoms with Crippen molar-refractivity contribution < 1.29 is 18.7 Å². The minimum Gasteiger partial charge on any atom is -0.487 e. The Morgan fingerprint density at radius 3 is 2.69 bits per heavy atom. The summed E-state index contributed by atoms with van der Waals surface area (Å²) in [5, 5.41) is 3.81. The van der Waals surface area contributed by atoms with E-state index in [0.717, 1.165) is 5.56 Å². The molecule has 3 rings (SSSR count). The third-order valence-corrected chi connectivity index (χ3v) is 4.66. The third kappa shape index (κ3) is 5.73. The highest BCUT2D eigenvalue weighted by Crippen LogP contribution is 2.33. The lowest BCUT2D eigenvalue weighted by Gasteiger charge is -2.13. The molecule has 0 spiro atoms. The molecule has 1 heterocycles. The molecule has 0 unspecified atom stereocenters. The Balaban J connectivity index is 1.60. The molecular weight excluding hydrogens is 415 g/mol. The molecule has 0 fully saturated rings. The Kier molecular flexibility index (Phi) is 7.52. The van der Waals surface area contributed by atoms with E-state index >= 15 is 0 Å². The van der Waals surface area contributed by atoms with Gasteiger partial charge >= 0.3 is 0 Å². The van der Waals surface area contributed by atoms with Crippen molar-refractivity contribution in [2.75, 3.05) is 25.6 Å². The molecule has 3 aromatic rings. The summed E-state index contributed by atoms with van der Waals surface area (Å²) < 4.78 is 16.3. The second-order valence-electron chi connectivity index (χ2n) is 6.10. The first-order valence-electron chi connectivity index (χ1n) is 8.98. The zero-order valence-electron chi connectivity index (χ0n) is 15.8. The summed E-state index contributed by atoms with van der Waals surface area (Å²) >= 11 is 12.4. The molecule has 0 bridgehead atoms. The van der Waals surface area contributed by atoms with Gasteiger partial charge in [0.1, 0.15) is 6.61 Å². The van der Waals surface area contributed by atoms with Crippen LogP contribution in [0.3, 0.4) is 0 Å². The lowest BCUT2D eigenvalue weighted by Crippen LogP contribution is -2.14. The van der Waals surface area contributed by atoms with Crippen molar-refractivity contribution in [2.45, 2.75) is 12.8 Å². The number of para-hydroxylation sites is 1. The number of nitrogens with zero attached hydrogens (tertiary/aromatic N) is 1. The second-order valence-corrected chi connectivity index (χ2v) is 6.92. The molecular formula is C21H20Cl2N2O4. The molecule has 0 aliphatic heterocycles. The number of hydrogen-bond donors (Lipinski definition) is 1. The van der Waals surface area contributed by atoms with Crippen LogP contribution in [0.15, 0.2) is 53.1 Å². The fraction of sp³-hybridized carbons (Fsp3) is 0.238. The van der Waals surface area contributed by atoms with E-state index in [4.69, 9.17) is 37.1 Å². The Labute approximate surface area is 178 Å². The highest BCUT2D eigenvalue weighted by Gasteiger charge is 2.14. The van der Waals surface area contributed by atoms with Crippen molar-refractivity contribution >= 4 is 34.8 Å². The van der Waals surface area contributed by atoms with E-state index in [9.17, 15) is 4.79 Å². The standard InChI is InChI=1S/C21H20Cl2N2O4/c1-27-11-12-28-21-16(23)7-4-8-17(21)25-19(26)9-10-20-24-13-18(29-20)14-5-2-3-6-15(14)22/h2-8,13H,9-12H2,1H3,(H,25,26). The number of hydrogen-bond acceptors (Lipinski definition) is 5. The van der Waals surface area contributed by atoms with Crippen LogP contribution in [-0.4, -0.2) is 31.2 Å². The Morgan fingerprint density at radius 1 is 1.10 bits per heavy atom. The Hall–Kier alpha value is -2.54. The van der Waals surface area contributed by atoms with Crippen molar-refractivity contribution in [2.24, 2.45) is 0 Å². The maximum Gasteiger partial charge on any atom is 0.224 e. The van der Waals surface area contributed by atoms with Crippen LogP contribution in [-0.2, 0) is 16.0 Å². The van der Waals surface area contributed by atoms with Gasteiger partial charge in [-0.2, -0.15) is 0 Å². The molecule has 0 aliphatic rings. The summed E-state index contributed by atoms with van der Waals surface area (Å²) in [5.74, 6) is 1.23. The van der Waals surface area contributed by atoms with Crippen molar-refractivity contribution in [3.63, 3.8) is 0 Å². The van der Waals surface area contributed by atoms with E-state index in [1.807, 2.05) is 18.2 Å². The molecule has 1 amide bonds. The predicted molar refractivity (Wildman–Crippen MR) is 113 cm³/mol. The first-order chi connectivity index (χ1) is 14.1. The van der Waals surface area contributed by atoms with Crippen LogP contribution in [0.4, 0.5) is 5.69 Å². The van der Waals surface area contributed by atoms with Gasteiger partial charge in [-0.15, -0.1) is 0 Å². The topological polar surface area (TPSA) is 73.6 Å². The Morgan fingerprint density at radius 2 is 1.90 bits per heavy atom. The minimum atomic E-state index is -0.207. The van der Waals surface area contributed by atoms with Gasteiger partial charge in [-0.05, 0) is 24.3 Å². The molecule has 1 N–H and O–H groups in total. The number of oxazole rings is 1. The number of benzene rings is 2. The highest BCUT2D eigenvalue weighted by molar-refractivity contribution is 6.33. The molecule has 152 valence electrons. The molecule has 2 aromatic carbocycles. The van der Waals surface area contributed by atoms with Gasteiger partial charge in [0.15, 0.2) is 17.4 Å². The van der Waals surface area contributed by atoms with Crippen molar-refractivity contribution in [1.29, 1.82) is 0 Å². The van der Waals surface area contributed by atoms with Crippen LogP contribution in [0.25, 0.3) is 11.3 Å². The van der Waals surface area contributed by atoms with E-state index in [0.29, 0.717) is 52.8 Å². The zero-order valence-corrected chi connectivity index (χ0v) is 17.3. The van der Waals surface area contributed by atoms with Crippen molar-refractivity contribution in [3.8, 4) is 17.1 Å². The molecule has 0 radical (unpaired) electrons. The number of ether oxygens (including phenoxy) is 2. The van der Waals surface area contributed by atoms with Crippen LogP contribution in [0.5, 0.6) is 5.75 Å². The van der Waals surface area contributed by atoms with Gasteiger partial charge in [0.25, 0.3) is 0 Å². The fourth-order valence-corrected chi connectivity index (χ4v) is 3.08. The summed E-state index contributed by atoms with van der Waals surface area (Å²) in [5.41, 5.74) is 1.26. The molecule has 1 aromatic heterocycles. The molecule has 0 saturated carbocycles. The predicted octanol–water partition coefficient (Wildman–Crippen LogP) is 5.24. The molecule has 0 atom stereocenters. The number of rotatable bonds is 9. The number of carbonyl (C=O) groups is 1. The lowest BCUT2D eigenvalue weighted by atomic mass is 10.2. The zero-order chi connectivity index (χ0) is 20.6. The number of methoxy groups -OCH3 is 1. The number of amides is 1. The van der Waals surface area contributed by atoms with Gasteiger partial charge in [0, 0.05) is 25.5 Å². The Bertz CT molecular complexity index is 975. The maximum absolute atomic E-state index is 12.4. The van der Waals surface area contributed by atoms with E-state index in [1.165, 1.54) is 0 Å². The van der Waals surface area contributed by atoms with Gasteiger partial charge in [-0.1, -0.05) is 41.4 Å². The van der Waals surface area contributed by atoms with Gasteiger partial charge in [-0.3, -0.25) is 4.79 Å². The lowest BCUT2D eigenvalue weighted by molar-refractivity contribution is -0.116. The van der Waals surface area contributed by atoms with E-state index in [1.54, 1.807) is 37.6 Å². The van der Waals surface area contributed by atoms with Crippen LogP contribution < -0.4 is 10.1 Å². The average molecular weight is 435 g/mol. The minimum absolute atomic E-state index is 0.187. The first kappa shape index (κ1) is 21.2. The maximum atomic E-state index is 12.4. The SMILES string of the molecule is COCCOc1c(Cl)cccc1NC(=O)CCc1ncc(-c2ccccc2Cl)o1. The second kappa shape index (κ2) is 10.3. The number of anilines is 1. The molecule has 8 heteroatoms. The van der Waals surface area contributed by atoms with Gasteiger partial charge in [-0.25, -0.2) is 4.98 Å². The number of nitrogens with one attached hydrogen (secondary N) is 1. The van der Waals surface area contributed by atoms with Gasteiger partial charge in [0.2, 0.25) is 5.91 Å². The van der Waals surface area contributed by atoms with Crippen molar-refractivity contribution in [1.82, 2.24) is 4.98 Å². The van der Waals surface area contributed by atoms with E-state index < -0.39 is 0 Å². The molecule has 0 aliphatic carbocycles. The number of aromatic nitrogens is 1. The van der Waals surface area contributed by atoms with Crippen LogP contribution >= 0.6 is 23.2 Å². The van der Waals surface area contributed by atoms with Gasteiger partial charge < -0.3 is 19.2 Å². The summed E-state index contributed by atoms with van der Waals surface area (Å²) in [4.78, 5) is 16.6. The summed E-state index contributed by atoms with van der Waals surface area (Å²) in [6, 6.07) is 12.5. The van der Waals surface area contributed by atoms with Gasteiger partial charge in [0.05, 0.1) is 28.5 Å². The summed E-state index contributed by atoms with van der Waals surface area (Å²) in [6.45, 7) is 0.737. The average Bonchev–Trinajstić information content (AvgIpc) is 3.18. The van der Waals surface area contributed by atoms with Crippen LogP contribution in [0.1, 0.15) is 12.3 Å². The largest absolute Gasteiger partial charge is 0.487 e. The summed E-state index contributed by atoms with van der Waals surface area (Å²) in [6.07, 6.45) is 2.14. The third-order valence-electron chi connectivity index (χ3n) is 4.03. The number of carbonyl (C=O) groups excluding carboxylic acids is 1. The van der Waals surface area contributed by atoms with Crippen molar-refractivity contribution in [3.05, 3.63) is 64.6 Å². The van der Waals surface area contributed by atoms with E-state index in [-0.39, 0.29) is 12.3 Å². The van der Waals surface area contributed by atoms with Crippen LogP contribution in [0, 0.1) is 0 Å². The number of aryl methyl sites for hydroxylation is 1. The first-order valence-corrected chi connectivity index (χ1v) is 9.73. The van der Waals surface area contributed by atoms with Crippen LogP contribution in [0.2, 0.25) is 10.0 Å². The number of halogens is 2. The molecule has 6 nitrogen and oxygen atoms in total. The summed E-state index contributed by atoms with van der Waals surface area (Å²) in [7, 11) is 1.58.